The van der Waals surface area contributed by atoms with Crippen molar-refractivity contribution < 1.29 is 9.47 Å². The molecular formula is C12H17N5O2. The average Bonchev–Trinajstić information content (AvgIpc) is 2.90. The van der Waals surface area contributed by atoms with Crippen LogP contribution in [-0.2, 0) is 6.54 Å². The van der Waals surface area contributed by atoms with Crippen LogP contribution in [0.4, 0.5) is 5.95 Å². The molecule has 7 heteroatoms. The maximum Gasteiger partial charge on any atom is 0.263 e. The van der Waals surface area contributed by atoms with Gasteiger partial charge in [0, 0.05) is 6.54 Å². The summed E-state index contributed by atoms with van der Waals surface area (Å²) in [4.78, 5) is 0. The molecule has 0 aliphatic heterocycles. The van der Waals surface area contributed by atoms with E-state index in [-0.39, 0.29) is 6.10 Å². The van der Waals surface area contributed by atoms with Crippen LogP contribution in [0.5, 0.6) is 11.5 Å². The number of benzene rings is 1. The number of rotatable bonds is 6. The fourth-order valence-corrected chi connectivity index (χ4v) is 1.59. The highest BCUT2D eigenvalue weighted by atomic mass is 16.5. The van der Waals surface area contributed by atoms with E-state index in [1.54, 1.807) is 7.11 Å². The van der Waals surface area contributed by atoms with E-state index in [1.807, 2.05) is 32.0 Å². The molecule has 102 valence electrons. The Labute approximate surface area is 111 Å². The molecule has 1 aromatic heterocycles. The van der Waals surface area contributed by atoms with Gasteiger partial charge in [-0.05, 0) is 36.8 Å². The van der Waals surface area contributed by atoms with Crippen LogP contribution in [0.2, 0.25) is 0 Å². The van der Waals surface area contributed by atoms with Crippen molar-refractivity contribution in [3.05, 3.63) is 23.8 Å². The van der Waals surface area contributed by atoms with Crippen LogP contribution in [0.3, 0.4) is 0 Å². The SMILES string of the molecule is COc1cc(CNc2nn[nH]n2)ccc1OC(C)C. The first-order valence-corrected chi connectivity index (χ1v) is 6.00. The Morgan fingerprint density at radius 3 is 2.79 bits per heavy atom. The smallest absolute Gasteiger partial charge is 0.263 e. The van der Waals surface area contributed by atoms with E-state index in [2.05, 4.69) is 25.9 Å². The molecule has 2 rings (SSSR count). The van der Waals surface area contributed by atoms with E-state index in [0.717, 1.165) is 11.3 Å². The van der Waals surface area contributed by atoms with Crippen molar-refractivity contribution in [3.63, 3.8) is 0 Å². The predicted octanol–water partition coefficient (Wildman–Crippen LogP) is 1.61. The first-order valence-electron chi connectivity index (χ1n) is 6.00. The molecule has 0 aliphatic rings. The topological polar surface area (TPSA) is 85.0 Å². The van der Waals surface area contributed by atoms with E-state index >= 15 is 0 Å². The predicted molar refractivity (Wildman–Crippen MR) is 70.3 cm³/mol. The zero-order valence-electron chi connectivity index (χ0n) is 11.2. The lowest BCUT2D eigenvalue weighted by molar-refractivity contribution is 0.230. The molecule has 0 amide bonds. The highest BCUT2D eigenvalue weighted by molar-refractivity contribution is 5.43. The highest BCUT2D eigenvalue weighted by Crippen LogP contribution is 2.29. The van der Waals surface area contributed by atoms with E-state index in [9.17, 15) is 0 Å². The summed E-state index contributed by atoms with van der Waals surface area (Å²) in [5, 5.41) is 16.5. The number of tetrazole rings is 1. The second kappa shape index (κ2) is 6.03. The van der Waals surface area contributed by atoms with Crippen LogP contribution >= 0.6 is 0 Å². The lowest BCUT2D eigenvalue weighted by atomic mass is 10.2. The van der Waals surface area contributed by atoms with Gasteiger partial charge in [-0.1, -0.05) is 11.2 Å². The molecule has 0 spiro atoms. The number of ether oxygens (including phenoxy) is 2. The zero-order valence-corrected chi connectivity index (χ0v) is 11.2. The van der Waals surface area contributed by atoms with Crippen molar-refractivity contribution in [3.8, 4) is 11.5 Å². The largest absolute Gasteiger partial charge is 0.493 e. The molecule has 19 heavy (non-hydrogen) atoms. The summed E-state index contributed by atoms with van der Waals surface area (Å²) < 4.78 is 11.0. The van der Waals surface area contributed by atoms with Gasteiger partial charge in [-0.25, -0.2) is 0 Å². The Kier molecular flexibility index (Phi) is 4.17. The second-order valence-corrected chi connectivity index (χ2v) is 4.24. The second-order valence-electron chi connectivity index (χ2n) is 4.24. The zero-order chi connectivity index (χ0) is 13.7. The summed E-state index contributed by atoms with van der Waals surface area (Å²) in [5.41, 5.74) is 1.04. The van der Waals surface area contributed by atoms with E-state index in [0.29, 0.717) is 18.2 Å². The molecule has 1 heterocycles. The quantitative estimate of drug-likeness (QED) is 0.823. The number of hydrogen-bond donors (Lipinski definition) is 2. The minimum Gasteiger partial charge on any atom is -0.493 e. The lowest BCUT2D eigenvalue weighted by Gasteiger charge is -2.14. The number of aromatic nitrogens is 4. The Bertz CT molecular complexity index is 513. The Balaban J connectivity index is 2.05. The van der Waals surface area contributed by atoms with Gasteiger partial charge >= 0.3 is 0 Å². The fourth-order valence-electron chi connectivity index (χ4n) is 1.59. The normalized spacial score (nSPS) is 10.5. The van der Waals surface area contributed by atoms with E-state index in [4.69, 9.17) is 9.47 Å². The van der Waals surface area contributed by atoms with Crippen molar-refractivity contribution in [1.82, 2.24) is 20.6 Å². The number of H-pyrrole nitrogens is 1. The average molecular weight is 263 g/mol. The molecule has 7 nitrogen and oxygen atoms in total. The van der Waals surface area contributed by atoms with Gasteiger partial charge in [0.1, 0.15) is 0 Å². The molecule has 0 saturated carbocycles. The van der Waals surface area contributed by atoms with Gasteiger partial charge in [-0.15, -0.1) is 5.10 Å². The summed E-state index contributed by atoms with van der Waals surface area (Å²) in [7, 11) is 1.62. The first kappa shape index (κ1) is 13.1. The van der Waals surface area contributed by atoms with Crippen molar-refractivity contribution in [2.24, 2.45) is 0 Å². The summed E-state index contributed by atoms with van der Waals surface area (Å²) >= 11 is 0. The lowest BCUT2D eigenvalue weighted by Crippen LogP contribution is -2.07. The third kappa shape index (κ3) is 3.57. The molecule has 2 N–H and O–H groups in total. The molecule has 0 atom stereocenters. The van der Waals surface area contributed by atoms with Crippen molar-refractivity contribution in [2.45, 2.75) is 26.5 Å². The molecular weight excluding hydrogens is 246 g/mol. The van der Waals surface area contributed by atoms with Gasteiger partial charge in [-0.2, -0.15) is 5.21 Å². The number of aromatic amines is 1. The maximum absolute atomic E-state index is 5.66. The van der Waals surface area contributed by atoms with Crippen LogP contribution in [0, 0.1) is 0 Å². The van der Waals surface area contributed by atoms with E-state index in [1.165, 1.54) is 0 Å². The summed E-state index contributed by atoms with van der Waals surface area (Å²) in [6.45, 7) is 4.54. The van der Waals surface area contributed by atoms with Crippen LogP contribution in [0.25, 0.3) is 0 Å². The minimum atomic E-state index is 0.109. The van der Waals surface area contributed by atoms with Crippen LogP contribution in [0.15, 0.2) is 18.2 Å². The highest BCUT2D eigenvalue weighted by Gasteiger charge is 2.07. The Morgan fingerprint density at radius 2 is 2.16 bits per heavy atom. The molecule has 0 saturated heterocycles. The molecule has 0 aliphatic carbocycles. The van der Waals surface area contributed by atoms with Gasteiger partial charge in [0.2, 0.25) is 0 Å². The summed E-state index contributed by atoms with van der Waals surface area (Å²) in [5.74, 6) is 1.91. The number of anilines is 1. The summed E-state index contributed by atoms with van der Waals surface area (Å²) in [6.07, 6.45) is 0.109. The van der Waals surface area contributed by atoms with Crippen LogP contribution in [0.1, 0.15) is 19.4 Å². The fraction of sp³-hybridized carbons (Fsp3) is 0.417. The first-order chi connectivity index (χ1) is 9.19. The van der Waals surface area contributed by atoms with Crippen molar-refractivity contribution in [1.29, 1.82) is 0 Å². The number of nitrogens with one attached hydrogen (secondary N) is 2. The number of nitrogens with zero attached hydrogens (tertiary/aromatic N) is 3. The monoisotopic (exact) mass is 263 g/mol. The van der Waals surface area contributed by atoms with Gasteiger partial charge in [0.05, 0.1) is 13.2 Å². The van der Waals surface area contributed by atoms with Crippen molar-refractivity contribution >= 4 is 5.95 Å². The van der Waals surface area contributed by atoms with Gasteiger partial charge in [0.25, 0.3) is 5.95 Å². The maximum atomic E-state index is 5.66. The van der Waals surface area contributed by atoms with Gasteiger partial charge in [0.15, 0.2) is 11.5 Å². The third-order valence-corrected chi connectivity index (χ3v) is 2.39. The standard InChI is InChI=1S/C12H17N5O2/c1-8(2)19-10-5-4-9(6-11(10)18-3)7-13-12-14-16-17-15-12/h4-6,8H,7H2,1-3H3,(H2,13,14,15,16,17). The molecule has 0 radical (unpaired) electrons. The Hall–Kier alpha value is -2.31. The van der Waals surface area contributed by atoms with E-state index < -0.39 is 0 Å². The van der Waals surface area contributed by atoms with Crippen LogP contribution in [-0.4, -0.2) is 33.8 Å². The minimum absolute atomic E-state index is 0.109. The Morgan fingerprint density at radius 1 is 1.32 bits per heavy atom. The number of methoxy groups -OCH3 is 1. The molecule has 1 aromatic carbocycles. The molecule has 0 bridgehead atoms. The molecule has 0 fully saturated rings. The molecule has 2 aromatic rings. The summed E-state index contributed by atoms with van der Waals surface area (Å²) in [6, 6.07) is 5.78. The molecule has 0 unspecified atom stereocenters. The van der Waals surface area contributed by atoms with Crippen molar-refractivity contribution in [2.75, 3.05) is 12.4 Å². The number of hydrogen-bond acceptors (Lipinski definition) is 6. The van der Waals surface area contributed by atoms with Crippen LogP contribution < -0.4 is 14.8 Å². The van der Waals surface area contributed by atoms with Gasteiger partial charge in [-0.3, -0.25) is 0 Å². The van der Waals surface area contributed by atoms with Gasteiger partial charge < -0.3 is 14.8 Å². The third-order valence-electron chi connectivity index (χ3n) is 2.39.